The van der Waals surface area contributed by atoms with Crippen molar-refractivity contribution >= 4 is 5.91 Å². The minimum Gasteiger partial charge on any atom is -0.353 e. The van der Waals surface area contributed by atoms with Crippen LogP contribution in [-0.4, -0.2) is 34.8 Å². The molecule has 1 atom stereocenters. The van der Waals surface area contributed by atoms with E-state index < -0.39 is 0 Å². The molecular weight excluding hydrogens is 216 g/mol. The van der Waals surface area contributed by atoms with Gasteiger partial charge in [0.2, 0.25) is 5.91 Å². The predicted molar refractivity (Wildman–Crippen MR) is 65.7 cm³/mol. The highest BCUT2D eigenvalue weighted by molar-refractivity contribution is 5.75. The van der Waals surface area contributed by atoms with Crippen LogP contribution < -0.4 is 10.6 Å². The molecule has 1 fully saturated rings. The molecule has 0 bridgehead atoms. The Bertz CT molecular complexity index is 393. The lowest BCUT2D eigenvalue weighted by Gasteiger charge is -2.11. The molecule has 1 aliphatic heterocycles. The number of nitrogens with zero attached hydrogens (tertiary/aromatic N) is 2. The molecule has 1 aromatic rings. The first kappa shape index (κ1) is 12.1. The number of carbonyl (C=O) groups excluding carboxylic acids is 1. The number of hydrogen-bond acceptors (Lipinski definition) is 3. The largest absolute Gasteiger partial charge is 0.353 e. The molecule has 0 aliphatic carbocycles. The fraction of sp³-hybridized carbons (Fsp3) is 0.667. The summed E-state index contributed by atoms with van der Waals surface area (Å²) in [5.74, 6) is 0.0323. The van der Waals surface area contributed by atoms with Crippen LogP contribution in [-0.2, 0) is 11.3 Å². The van der Waals surface area contributed by atoms with E-state index >= 15 is 0 Å². The van der Waals surface area contributed by atoms with Crippen molar-refractivity contribution in [2.45, 2.75) is 39.3 Å². The maximum Gasteiger partial charge on any atom is 0.241 e. The fourth-order valence-corrected chi connectivity index (χ4v) is 2.19. The van der Waals surface area contributed by atoms with Crippen molar-refractivity contribution in [1.82, 2.24) is 20.4 Å². The molecule has 1 amide bonds. The van der Waals surface area contributed by atoms with Crippen molar-refractivity contribution in [3.63, 3.8) is 0 Å². The van der Waals surface area contributed by atoms with Crippen LogP contribution in [0.15, 0.2) is 6.07 Å². The van der Waals surface area contributed by atoms with Gasteiger partial charge in [-0.05, 0) is 39.3 Å². The Morgan fingerprint density at radius 3 is 3.06 bits per heavy atom. The molecule has 0 aromatic carbocycles. The van der Waals surface area contributed by atoms with Gasteiger partial charge in [-0.15, -0.1) is 0 Å². The van der Waals surface area contributed by atoms with Crippen LogP contribution in [0.1, 0.15) is 24.2 Å². The average molecular weight is 236 g/mol. The molecule has 94 valence electrons. The zero-order valence-corrected chi connectivity index (χ0v) is 10.5. The van der Waals surface area contributed by atoms with Crippen LogP contribution in [0.3, 0.4) is 0 Å². The maximum absolute atomic E-state index is 11.7. The van der Waals surface area contributed by atoms with Gasteiger partial charge >= 0.3 is 0 Å². The first-order chi connectivity index (χ1) is 8.15. The molecule has 0 radical (unpaired) electrons. The van der Waals surface area contributed by atoms with Crippen LogP contribution in [0.25, 0.3) is 0 Å². The molecule has 5 heteroatoms. The fourth-order valence-electron chi connectivity index (χ4n) is 2.19. The number of carbonyl (C=O) groups is 1. The molecule has 2 heterocycles. The van der Waals surface area contributed by atoms with E-state index in [0.717, 1.165) is 30.9 Å². The highest BCUT2D eigenvalue weighted by Crippen LogP contribution is 2.04. The van der Waals surface area contributed by atoms with Crippen molar-refractivity contribution < 1.29 is 4.79 Å². The average Bonchev–Trinajstić information content (AvgIpc) is 2.87. The van der Waals surface area contributed by atoms with Gasteiger partial charge in [-0.1, -0.05) is 0 Å². The molecule has 5 nitrogen and oxygen atoms in total. The minimum absolute atomic E-state index is 0.0323. The van der Waals surface area contributed by atoms with Crippen LogP contribution >= 0.6 is 0 Å². The Balaban J connectivity index is 1.78. The quantitative estimate of drug-likeness (QED) is 0.794. The summed E-state index contributed by atoms with van der Waals surface area (Å²) in [6.07, 6.45) is 2.36. The Morgan fingerprint density at radius 2 is 2.47 bits per heavy atom. The van der Waals surface area contributed by atoms with E-state index in [0.29, 0.717) is 12.6 Å². The van der Waals surface area contributed by atoms with Gasteiger partial charge in [0.1, 0.15) is 6.54 Å². The van der Waals surface area contributed by atoms with Gasteiger partial charge in [0, 0.05) is 18.3 Å². The molecule has 2 N–H and O–H groups in total. The van der Waals surface area contributed by atoms with Crippen LogP contribution in [0, 0.1) is 13.8 Å². The highest BCUT2D eigenvalue weighted by Gasteiger charge is 2.15. The smallest absolute Gasteiger partial charge is 0.241 e. The lowest BCUT2D eigenvalue weighted by Crippen LogP contribution is -2.38. The van der Waals surface area contributed by atoms with Crippen molar-refractivity contribution in [1.29, 1.82) is 0 Å². The third kappa shape index (κ3) is 3.30. The standard InChI is InChI=1S/C12H20N4O/c1-9-6-10(2)16(15-9)8-12(17)14-7-11-4-3-5-13-11/h6,11,13H,3-5,7-8H2,1-2H3,(H,14,17). The van der Waals surface area contributed by atoms with E-state index in [-0.39, 0.29) is 5.91 Å². The Hall–Kier alpha value is -1.36. The van der Waals surface area contributed by atoms with Crippen molar-refractivity contribution in [2.24, 2.45) is 0 Å². The summed E-state index contributed by atoms with van der Waals surface area (Å²) < 4.78 is 1.74. The number of amides is 1. The molecule has 17 heavy (non-hydrogen) atoms. The van der Waals surface area contributed by atoms with Gasteiger partial charge in [-0.3, -0.25) is 9.48 Å². The van der Waals surface area contributed by atoms with Crippen molar-refractivity contribution in [3.8, 4) is 0 Å². The summed E-state index contributed by atoms with van der Waals surface area (Å²) in [6.45, 7) is 6.00. The van der Waals surface area contributed by atoms with Gasteiger partial charge in [-0.2, -0.15) is 5.10 Å². The van der Waals surface area contributed by atoms with E-state index in [9.17, 15) is 4.79 Å². The number of aromatic nitrogens is 2. The first-order valence-corrected chi connectivity index (χ1v) is 6.16. The maximum atomic E-state index is 11.7. The van der Waals surface area contributed by atoms with Crippen molar-refractivity contribution in [3.05, 3.63) is 17.5 Å². The molecule has 2 rings (SSSR count). The lowest BCUT2D eigenvalue weighted by molar-refractivity contribution is -0.121. The number of rotatable bonds is 4. The summed E-state index contributed by atoms with van der Waals surface area (Å²) in [7, 11) is 0. The van der Waals surface area contributed by atoms with E-state index in [2.05, 4.69) is 15.7 Å². The Kier molecular flexibility index (Phi) is 3.78. The molecule has 1 aromatic heterocycles. The Morgan fingerprint density at radius 1 is 1.65 bits per heavy atom. The molecular formula is C12H20N4O. The second-order valence-electron chi connectivity index (χ2n) is 4.68. The van der Waals surface area contributed by atoms with Gasteiger partial charge < -0.3 is 10.6 Å². The van der Waals surface area contributed by atoms with Gasteiger partial charge in [0.25, 0.3) is 0 Å². The van der Waals surface area contributed by atoms with Gasteiger partial charge in [0.05, 0.1) is 5.69 Å². The number of aryl methyl sites for hydroxylation is 2. The first-order valence-electron chi connectivity index (χ1n) is 6.16. The van der Waals surface area contributed by atoms with Crippen molar-refractivity contribution in [2.75, 3.05) is 13.1 Å². The van der Waals surface area contributed by atoms with E-state index in [1.165, 1.54) is 6.42 Å². The highest BCUT2D eigenvalue weighted by atomic mass is 16.2. The monoisotopic (exact) mass is 236 g/mol. The van der Waals surface area contributed by atoms with Crippen LogP contribution in [0.2, 0.25) is 0 Å². The topological polar surface area (TPSA) is 59.0 Å². The number of hydrogen-bond donors (Lipinski definition) is 2. The van der Waals surface area contributed by atoms with E-state index in [1.54, 1.807) is 4.68 Å². The third-order valence-electron chi connectivity index (χ3n) is 3.10. The molecule has 1 unspecified atom stereocenters. The zero-order chi connectivity index (χ0) is 12.3. The zero-order valence-electron chi connectivity index (χ0n) is 10.5. The predicted octanol–water partition coefficient (Wildman–Crippen LogP) is 0.368. The summed E-state index contributed by atoms with van der Waals surface area (Å²) >= 11 is 0. The van der Waals surface area contributed by atoms with E-state index in [4.69, 9.17) is 0 Å². The molecule has 1 aliphatic rings. The summed E-state index contributed by atoms with van der Waals surface area (Å²) in [5.41, 5.74) is 1.98. The summed E-state index contributed by atoms with van der Waals surface area (Å²) in [6, 6.07) is 2.42. The van der Waals surface area contributed by atoms with E-state index in [1.807, 2.05) is 19.9 Å². The van der Waals surface area contributed by atoms with Gasteiger partial charge in [-0.25, -0.2) is 0 Å². The normalized spacial score (nSPS) is 19.5. The molecule has 0 saturated carbocycles. The SMILES string of the molecule is Cc1cc(C)n(CC(=O)NCC2CCCN2)n1. The van der Waals surface area contributed by atoms with Crippen LogP contribution in [0.5, 0.6) is 0 Å². The minimum atomic E-state index is 0.0323. The molecule has 0 spiro atoms. The lowest BCUT2D eigenvalue weighted by atomic mass is 10.2. The summed E-state index contributed by atoms with van der Waals surface area (Å²) in [4.78, 5) is 11.7. The summed E-state index contributed by atoms with van der Waals surface area (Å²) in [5, 5.41) is 10.6. The second kappa shape index (κ2) is 5.31. The number of nitrogens with one attached hydrogen (secondary N) is 2. The van der Waals surface area contributed by atoms with Gasteiger partial charge in [0.15, 0.2) is 0 Å². The molecule has 1 saturated heterocycles. The second-order valence-corrected chi connectivity index (χ2v) is 4.68. The Labute approximate surface area is 102 Å². The third-order valence-corrected chi connectivity index (χ3v) is 3.10. The van der Waals surface area contributed by atoms with Crippen LogP contribution in [0.4, 0.5) is 0 Å².